The molecule has 0 unspecified atom stereocenters. The Morgan fingerprint density at radius 2 is 2.35 bits per heavy atom. The van der Waals surface area contributed by atoms with E-state index in [4.69, 9.17) is 11.6 Å². The lowest BCUT2D eigenvalue weighted by atomic mass is 9.78. The van der Waals surface area contributed by atoms with Gasteiger partial charge in [0, 0.05) is 18.3 Å². The highest BCUT2D eigenvalue weighted by Crippen LogP contribution is 2.36. The summed E-state index contributed by atoms with van der Waals surface area (Å²) < 4.78 is 1.85. The van der Waals surface area contributed by atoms with Crippen LogP contribution in [0.5, 0.6) is 0 Å². The highest BCUT2D eigenvalue weighted by molar-refractivity contribution is 6.19. The minimum atomic E-state index is 0.0363. The summed E-state index contributed by atoms with van der Waals surface area (Å²) in [6.45, 7) is 1.98. The molecule has 1 aliphatic carbocycles. The maximum Gasteiger partial charge on any atom is 0.152 e. The van der Waals surface area contributed by atoms with Crippen LogP contribution in [0.2, 0.25) is 0 Å². The summed E-state index contributed by atoms with van der Waals surface area (Å²) in [5.74, 6) is 1.51. The fourth-order valence-electron chi connectivity index (χ4n) is 2.29. The molecule has 5 heteroatoms. The molecule has 3 rings (SSSR count). The first-order chi connectivity index (χ1) is 8.22. The van der Waals surface area contributed by atoms with Crippen molar-refractivity contribution in [2.45, 2.75) is 31.7 Å². The summed E-state index contributed by atoms with van der Waals surface area (Å²) in [7, 11) is 0. The first-order valence-electron chi connectivity index (χ1n) is 5.88. The van der Waals surface area contributed by atoms with Crippen molar-refractivity contribution in [3.8, 4) is 0 Å². The molecule has 0 atom stereocenters. The Balaban J connectivity index is 1.99. The number of fused-ring (bicyclic) bond motifs is 1. The van der Waals surface area contributed by atoms with Gasteiger partial charge in [-0.15, -0.1) is 11.6 Å². The molecule has 2 heterocycles. The molecule has 0 amide bonds. The summed E-state index contributed by atoms with van der Waals surface area (Å²) in [5, 5.41) is 7.87. The Morgan fingerprint density at radius 3 is 3.00 bits per heavy atom. The molecule has 2 aromatic rings. The maximum atomic E-state index is 6.05. The Morgan fingerprint density at radius 1 is 1.53 bits per heavy atom. The van der Waals surface area contributed by atoms with Gasteiger partial charge in [-0.1, -0.05) is 0 Å². The van der Waals surface area contributed by atoms with E-state index in [-0.39, 0.29) is 5.54 Å². The third kappa shape index (κ3) is 1.76. The lowest BCUT2D eigenvalue weighted by Crippen LogP contribution is -2.47. The summed E-state index contributed by atoms with van der Waals surface area (Å²) in [6.07, 6.45) is 7.10. The van der Waals surface area contributed by atoms with Crippen molar-refractivity contribution >= 4 is 22.9 Å². The molecule has 0 saturated heterocycles. The van der Waals surface area contributed by atoms with Crippen molar-refractivity contribution < 1.29 is 0 Å². The third-order valence-corrected chi connectivity index (χ3v) is 3.97. The average molecular weight is 251 g/mol. The summed E-state index contributed by atoms with van der Waals surface area (Å²) in [4.78, 5) is 4.40. The number of nitrogens with one attached hydrogen (secondary N) is 1. The van der Waals surface area contributed by atoms with Crippen LogP contribution in [0.1, 0.15) is 25.0 Å². The van der Waals surface area contributed by atoms with Crippen molar-refractivity contribution in [2.24, 2.45) is 0 Å². The van der Waals surface area contributed by atoms with E-state index in [1.807, 2.05) is 23.7 Å². The monoisotopic (exact) mass is 250 g/mol. The minimum Gasteiger partial charge on any atom is -0.362 e. The second kappa shape index (κ2) is 3.88. The molecule has 0 spiro atoms. The Hall–Kier alpha value is -1.29. The summed E-state index contributed by atoms with van der Waals surface area (Å²) >= 11 is 6.05. The van der Waals surface area contributed by atoms with E-state index in [1.54, 1.807) is 6.20 Å². The van der Waals surface area contributed by atoms with Crippen LogP contribution in [0.3, 0.4) is 0 Å². The molecule has 1 saturated carbocycles. The lowest BCUT2D eigenvalue weighted by Gasteiger charge is -2.41. The zero-order chi connectivity index (χ0) is 11.9. The molecule has 17 heavy (non-hydrogen) atoms. The van der Waals surface area contributed by atoms with Crippen LogP contribution in [-0.2, 0) is 0 Å². The van der Waals surface area contributed by atoms with E-state index in [2.05, 4.69) is 15.4 Å². The number of anilines is 1. The van der Waals surface area contributed by atoms with E-state index < -0.39 is 0 Å². The quantitative estimate of drug-likeness (QED) is 0.852. The fourth-order valence-corrected chi connectivity index (χ4v) is 2.62. The van der Waals surface area contributed by atoms with Crippen LogP contribution in [0, 0.1) is 6.92 Å². The van der Waals surface area contributed by atoms with Crippen molar-refractivity contribution in [3.05, 3.63) is 24.2 Å². The van der Waals surface area contributed by atoms with Gasteiger partial charge in [-0.05, 0) is 32.3 Å². The summed E-state index contributed by atoms with van der Waals surface area (Å²) in [6, 6.07) is 2.04. The topological polar surface area (TPSA) is 42.2 Å². The standard InChI is InChI=1S/C12H15ClN4/c1-9-7-10-11(14-5-6-17(10)16-9)15-12(8-13)3-2-4-12/h5-7H,2-4,8H2,1H3,(H,14,15). The molecule has 2 aromatic heterocycles. The second-order valence-electron chi connectivity index (χ2n) is 4.78. The van der Waals surface area contributed by atoms with Crippen LogP contribution in [0.4, 0.5) is 5.82 Å². The molecule has 90 valence electrons. The third-order valence-electron chi connectivity index (χ3n) is 3.46. The van der Waals surface area contributed by atoms with Gasteiger partial charge in [0.2, 0.25) is 0 Å². The Kier molecular flexibility index (Phi) is 2.47. The van der Waals surface area contributed by atoms with E-state index in [0.29, 0.717) is 5.88 Å². The van der Waals surface area contributed by atoms with Gasteiger partial charge in [-0.3, -0.25) is 0 Å². The number of hydrogen-bond donors (Lipinski definition) is 1. The van der Waals surface area contributed by atoms with Gasteiger partial charge in [-0.2, -0.15) is 5.10 Å². The molecular formula is C12H15ClN4. The molecule has 0 bridgehead atoms. The smallest absolute Gasteiger partial charge is 0.152 e. The predicted molar refractivity (Wildman–Crippen MR) is 68.6 cm³/mol. The van der Waals surface area contributed by atoms with Gasteiger partial charge in [0.25, 0.3) is 0 Å². The molecule has 0 radical (unpaired) electrons. The van der Waals surface area contributed by atoms with Gasteiger partial charge in [-0.25, -0.2) is 9.50 Å². The first kappa shape index (κ1) is 10.8. The largest absolute Gasteiger partial charge is 0.362 e. The number of aryl methyl sites for hydroxylation is 1. The Labute approximate surface area is 105 Å². The normalized spacial score (nSPS) is 18.0. The number of hydrogen-bond acceptors (Lipinski definition) is 3. The number of halogens is 1. The van der Waals surface area contributed by atoms with Crippen molar-refractivity contribution in [2.75, 3.05) is 11.2 Å². The first-order valence-corrected chi connectivity index (χ1v) is 6.41. The van der Waals surface area contributed by atoms with E-state index >= 15 is 0 Å². The molecule has 1 fully saturated rings. The van der Waals surface area contributed by atoms with E-state index in [0.717, 1.165) is 29.9 Å². The van der Waals surface area contributed by atoms with Crippen molar-refractivity contribution in [1.29, 1.82) is 0 Å². The maximum absolute atomic E-state index is 6.05. The highest BCUT2D eigenvalue weighted by Gasteiger charge is 2.36. The van der Waals surface area contributed by atoms with Crippen LogP contribution in [-0.4, -0.2) is 26.0 Å². The summed E-state index contributed by atoms with van der Waals surface area (Å²) in [5.41, 5.74) is 2.05. The molecule has 0 aliphatic heterocycles. The molecule has 1 aliphatic rings. The lowest BCUT2D eigenvalue weighted by molar-refractivity contribution is 0.310. The fraction of sp³-hybridized carbons (Fsp3) is 0.500. The number of rotatable bonds is 3. The zero-order valence-electron chi connectivity index (χ0n) is 9.78. The SMILES string of the molecule is Cc1cc2c(NC3(CCl)CCC3)nccn2n1. The van der Waals surface area contributed by atoms with Crippen LogP contribution >= 0.6 is 11.6 Å². The Bertz CT molecular complexity index is 539. The van der Waals surface area contributed by atoms with E-state index in [9.17, 15) is 0 Å². The van der Waals surface area contributed by atoms with Crippen molar-refractivity contribution in [3.63, 3.8) is 0 Å². The van der Waals surface area contributed by atoms with Gasteiger partial charge >= 0.3 is 0 Å². The molecular weight excluding hydrogens is 236 g/mol. The predicted octanol–water partition coefficient (Wildman–Crippen LogP) is 2.61. The molecule has 1 N–H and O–H groups in total. The van der Waals surface area contributed by atoms with Gasteiger partial charge in [0.15, 0.2) is 5.82 Å². The second-order valence-corrected chi connectivity index (χ2v) is 5.05. The van der Waals surface area contributed by atoms with E-state index in [1.165, 1.54) is 6.42 Å². The van der Waals surface area contributed by atoms with Crippen LogP contribution in [0.25, 0.3) is 5.52 Å². The number of alkyl halides is 1. The highest BCUT2D eigenvalue weighted by atomic mass is 35.5. The number of nitrogens with zero attached hydrogens (tertiary/aromatic N) is 3. The van der Waals surface area contributed by atoms with Crippen LogP contribution in [0.15, 0.2) is 18.5 Å². The minimum absolute atomic E-state index is 0.0363. The van der Waals surface area contributed by atoms with Gasteiger partial charge < -0.3 is 5.32 Å². The van der Waals surface area contributed by atoms with Gasteiger partial charge in [0.05, 0.1) is 11.2 Å². The van der Waals surface area contributed by atoms with Gasteiger partial charge in [0.1, 0.15) is 5.52 Å². The molecule has 4 nitrogen and oxygen atoms in total. The van der Waals surface area contributed by atoms with Crippen LogP contribution < -0.4 is 5.32 Å². The zero-order valence-corrected chi connectivity index (χ0v) is 10.5. The average Bonchev–Trinajstić information content (AvgIpc) is 2.64. The number of aromatic nitrogens is 3. The molecule has 0 aromatic carbocycles. The van der Waals surface area contributed by atoms with Crippen molar-refractivity contribution in [1.82, 2.24) is 14.6 Å².